The van der Waals surface area contributed by atoms with E-state index < -0.39 is 0 Å². The van der Waals surface area contributed by atoms with Crippen molar-refractivity contribution in [3.8, 4) is 0 Å². The van der Waals surface area contributed by atoms with Crippen molar-refractivity contribution < 1.29 is 8.83 Å². The maximum absolute atomic E-state index is 6.04. The van der Waals surface area contributed by atoms with Crippen LogP contribution in [0.15, 0.2) is 64.1 Å². The zero-order valence-electron chi connectivity index (χ0n) is 11.1. The van der Waals surface area contributed by atoms with E-state index in [-0.39, 0.29) is 0 Å². The second kappa shape index (κ2) is 5.23. The largest absolute Gasteiger partial charge is 0.464 e. The number of rotatable bonds is 1. The van der Waals surface area contributed by atoms with Crippen molar-refractivity contribution in [2.75, 3.05) is 0 Å². The Labute approximate surface area is 143 Å². The Balaban J connectivity index is 1.53. The van der Waals surface area contributed by atoms with E-state index in [0.717, 1.165) is 27.7 Å². The first-order valence-electron chi connectivity index (χ1n) is 6.55. The van der Waals surface area contributed by atoms with Gasteiger partial charge in [-0.25, -0.2) is 0 Å². The van der Waals surface area contributed by atoms with Crippen LogP contribution < -0.4 is 0 Å². The lowest BCUT2D eigenvalue weighted by Crippen LogP contribution is -1.70. The topological polar surface area (TPSA) is 26.3 Å². The van der Waals surface area contributed by atoms with Gasteiger partial charge in [0.2, 0.25) is 0 Å². The van der Waals surface area contributed by atoms with Gasteiger partial charge in [0.25, 0.3) is 0 Å². The molecule has 0 spiro atoms. The first kappa shape index (κ1) is 13.4. The third kappa shape index (κ3) is 2.17. The van der Waals surface area contributed by atoms with Gasteiger partial charge in [-0.05, 0) is 40.5 Å². The van der Waals surface area contributed by atoms with Crippen molar-refractivity contribution >= 4 is 73.9 Å². The monoisotopic (exact) mass is 360 g/mol. The summed E-state index contributed by atoms with van der Waals surface area (Å²) in [6, 6.07) is 8.13. The number of hydrogen-bond donors (Lipinski definition) is 0. The molecule has 108 valence electrons. The summed E-state index contributed by atoms with van der Waals surface area (Å²) in [6.07, 6.45) is 1.71. The third-order valence-corrected chi connectivity index (χ3v) is 8.42. The van der Waals surface area contributed by atoms with Crippen LogP contribution in [0.25, 0.3) is 26.8 Å². The Morgan fingerprint density at radius 3 is 2.59 bits per heavy atom. The first-order valence-corrected chi connectivity index (χ1v) is 10.0. The van der Waals surface area contributed by atoms with Gasteiger partial charge < -0.3 is 8.83 Å². The lowest BCUT2D eigenvalue weighted by molar-refractivity contribution is 0.602. The van der Waals surface area contributed by atoms with Crippen LogP contribution in [0.1, 0.15) is 5.76 Å². The number of benzene rings is 1. The number of fused-ring (bicyclic) bond motifs is 2. The van der Waals surface area contributed by atoms with Crippen molar-refractivity contribution in [2.45, 2.75) is 0 Å². The molecule has 2 aliphatic rings. The summed E-state index contributed by atoms with van der Waals surface area (Å²) < 4.78 is 14.2. The van der Waals surface area contributed by atoms with Crippen molar-refractivity contribution in [3.05, 3.63) is 61.0 Å². The quantitative estimate of drug-likeness (QED) is 0.462. The molecule has 0 radical (unpaired) electrons. The maximum atomic E-state index is 6.04. The van der Waals surface area contributed by atoms with Crippen LogP contribution in [0.3, 0.4) is 0 Å². The van der Waals surface area contributed by atoms with Crippen LogP contribution in [0.2, 0.25) is 0 Å². The minimum absolute atomic E-state index is 0.898. The fraction of sp³-hybridized carbons (Fsp3) is 0. The Hall–Kier alpha value is -1.08. The normalized spacial score (nSPS) is 18.1. The van der Waals surface area contributed by atoms with Gasteiger partial charge in [0.15, 0.2) is 0 Å². The summed E-state index contributed by atoms with van der Waals surface area (Å²) in [5.41, 5.74) is 1.80. The molecule has 0 saturated heterocycles. The Morgan fingerprint density at radius 1 is 0.818 bits per heavy atom. The van der Waals surface area contributed by atoms with Gasteiger partial charge in [0, 0.05) is 10.8 Å². The van der Waals surface area contributed by atoms with Gasteiger partial charge in [-0.15, -0.1) is 0 Å². The predicted molar refractivity (Wildman–Crippen MR) is 100 cm³/mol. The average Bonchev–Trinajstić information content (AvgIpc) is 3.27. The number of hydrogen-bond acceptors (Lipinski definition) is 6. The molecule has 22 heavy (non-hydrogen) atoms. The highest BCUT2D eigenvalue weighted by Crippen LogP contribution is 2.56. The van der Waals surface area contributed by atoms with Crippen molar-refractivity contribution in [3.63, 3.8) is 0 Å². The Bertz CT molecular complexity index is 932. The molecule has 0 atom stereocenters. The molecular formula is C16H8O2S4. The summed E-state index contributed by atoms with van der Waals surface area (Å²) in [6.45, 7) is 0. The molecule has 5 rings (SSSR count). The summed E-state index contributed by atoms with van der Waals surface area (Å²) in [7, 11) is 0. The molecular weight excluding hydrogens is 352 g/mol. The second-order valence-electron chi connectivity index (χ2n) is 4.74. The minimum Gasteiger partial charge on any atom is -0.464 e. The van der Waals surface area contributed by atoms with E-state index >= 15 is 0 Å². The Morgan fingerprint density at radius 2 is 1.68 bits per heavy atom. The summed E-state index contributed by atoms with van der Waals surface area (Å²) in [4.78, 5) is 1.17. The van der Waals surface area contributed by atoms with Crippen molar-refractivity contribution in [1.29, 1.82) is 0 Å². The van der Waals surface area contributed by atoms with Crippen LogP contribution in [0.5, 0.6) is 0 Å². The molecule has 4 heterocycles. The van der Waals surface area contributed by atoms with Gasteiger partial charge in [-0.2, -0.15) is 0 Å². The van der Waals surface area contributed by atoms with Crippen LogP contribution in [0.4, 0.5) is 0 Å². The molecule has 1 aromatic carbocycles. The van der Waals surface area contributed by atoms with Gasteiger partial charge in [-0.1, -0.05) is 47.0 Å². The highest BCUT2D eigenvalue weighted by molar-refractivity contribution is 8.35. The molecule has 2 aromatic heterocycles. The molecule has 0 N–H and O–H groups in total. The first-order chi connectivity index (χ1) is 10.9. The minimum atomic E-state index is 0.898. The van der Waals surface area contributed by atoms with E-state index in [1.165, 1.54) is 13.4 Å². The highest BCUT2D eigenvalue weighted by atomic mass is 32.2. The Kier molecular flexibility index (Phi) is 3.18. The molecule has 0 bridgehead atoms. The van der Waals surface area contributed by atoms with E-state index in [1.807, 2.05) is 18.2 Å². The second-order valence-corrected chi connectivity index (χ2v) is 9.02. The molecule has 0 fully saturated rings. The van der Waals surface area contributed by atoms with E-state index in [4.69, 9.17) is 8.83 Å². The molecule has 0 aliphatic carbocycles. The molecule has 2 nitrogen and oxygen atoms in total. The third-order valence-electron chi connectivity index (χ3n) is 3.38. The molecule has 6 heteroatoms. The smallest absolute Gasteiger partial charge is 0.142 e. The van der Waals surface area contributed by atoms with E-state index in [0.29, 0.717) is 0 Å². The van der Waals surface area contributed by atoms with Gasteiger partial charge in [0.05, 0.1) is 19.6 Å². The van der Waals surface area contributed by atoms with Crippen LogP contribution in [0, 0.1) is 0 Å². The van der Waals surface area contributed by atoms with Crippen LogP contribution in [-0.2, 0) is 0 Å². The summed E-state index contributed by atoms with van der Waals surface area (Å²) >= 11 is 7.14. The summed E-state index contributed by atoms with van der Waals surface area (Å²) in [5, 5.41) is 8.58. The van der Waals surface area contributed by atoms with E-state index in [1.54, 1.807) is 53.3 Å². The van der Waals surface area contributed by atoms with E-state index in [9.17, 15) is 0 Å². The highest BCUT2D eigenvalue weighted by Gasteiger charge is 2.22. The zero-order chi connectivity index (χ0) is 14.5. The molecule has 3 aromatic rings. The maximum Gasteiger partial charge on any atom is 0.142 e. The van der Waals surface area contributed by atoms with E-state index in [2.05, 4.69) is 22.3 Å². The predicted octanol–water partition coefficient (Wildman–Crippen LogP) is 7.04. The molecule has 2 aliphatic heterocycles. The fourth-order valence-corrected chi connectivity index (χ4v) is 6.78. The van der Waals surface area contributed by atoms with Gasteiger partial charge in [0.1, 0.15) is 16.9 Å². The lowest BCUT2D eigenvalue weighted by Gasteiger charge is -2.00. The van der Waals surface area contributed by atoms with Crippen molar-refractivity contribution in [2.24, 2.45) is 0 Å². The number of furan rings is 2. The van der Waals surface area contributed by atoms with Gasteiger partial charge >= 0.3 is 0 Å². The zero-order valence-corrected chi connectivity index (χ0v) is 14.3. The van der Waals surface area contributed by atoms with Gasteiger partial charge in [-0.3, -0.25) is 0 Å². The molecule has 0 amide bonds. The average molecular weight is 361 g/mol. The lowest BCUT2D eigenvalue weighted by atomic mass is 10.2. The fourth-order valence-electron chi connectivity index (χ4n) is 2.37. The standard InChI is InChI=1S/C16H8O2S4/c1-2-17-11-6-10-7-13(18-12(10)5-9(1)11)14-8-21-16(22-14)15-19-3-4-20-15/h1-8H. The summed E-state index contributed by atoms with van der Waals surface area (Å²) in [5.74, 6) is 0.928. The SMILES string of the molecule is C1=CSC(=C2SC=C(c3cc4cc5occc5cc4o3)S2)S1. The van der Waals surface area contributed by atoms with Crippen molar-refractivity contribution in [1.82, 2.24) is 0 Å². The van der Waals surface area contributed by atoms with Crippen LogP contribution in [-0.4, -0.2) is 0 Å². The molecule has 0 unspecified atom stereocenters. The number of thioether (sulfide) groups is 4. The van der Waals surface area contributed by atoms with Crippen LogP contribution >= 0.6 is 47.0 Å². The molecule has 0 saturated carbocycles.